The molecule has 2 N–H and O–H groups in total. The van der Waals surface area contributed by atoms with Crippen molar-refractivity contribution in [1.82, 2.24) is 0 Å². The van der Waals surface area contributed by atoms with Crippen LogP contribution in [0.4, 0.5) is 5.69 Å². The van der Waals surface area contributed by atoms with Gasteiger partial charge < -0.3 is 10.4 Å². The summed E-state index contributed by atoms with van der Waals surface area (Å²) in [7, 11) is 0. The van der Waals surface area contributed by atoms with Crippen LogP contribution in [0, 0.1) is 0 Å². The van der Waals surface area contributed by atoms with Gasteiger partial charge in [-0.05, 0) is 30.4 Å². The summed E-state index contributed by atoms with van der Waals surface area (Å²) in [6.45, 7) is 0. The summed E-state index contributed by atoms with van der Waals surface area (Å²) < 4.78 is 0. The van der Waals surface area contributed by atoms with E-state index in [1.165, 1.54) is 0 Å². The third-order valence-electron chi connectivity index (χ3n) is 2.51. The van der Waals surface area contributed by atoms with Crippen LogP contribution < -0.4 is 5.32 Å². The fourth-order valence-electron chi connectivity index (χ4n) is 1.55. The molecule has 0 spiro atoms. The zero-order chi connectivity index (χ0) is 11.6. The Bertz CT molecular complexity index is 405. The van der Waals surface area contributed by atoms with Crippen molar-refractivity contribution in [3.63, 3.8) is 0 Å². The molecular formula is C11H12ClNO2S. The van der Waals surface area contributed by atoms with Crippen molar-refractivity contribution in [3.05, 3.63) is 29.3 Å². The van der Waals surface area contributed by atoms with E-state index in [9.17, 15) is 9.90 Å². The predicted octanol–water partition coefficient (Wildman–Crippen LogP) is 2.15. The van der Waals surface area contributed by atoms with Gasteiger partial charge in [0.2, 0.25) is 0 Å². The molecule has 0 saturated carbocycles. The molecule has 0 aromatic heterocycles. The lowest BCUT2D eigenvalue weighted by Gasteiger charge is -2.20. The van der Waals surface area contributed by atoms with Crippen LogP contribution in [-0.2, 0) is 4.79 Å². The van der Waals surface area contributed by atoms with Crippen LogP contribution in [0.3, 0.4) is 0 Å². The van der Waals surface area contributed by atoms with E-state index in [0.717, 1.165) is 5.75 Å². The van der Waals surface area contributed by atoms with Gasteiger partial charge in [-0.15, -0.1) is 0 Å². The molecule has 86 valence electrons. The molecule has 1 aromatic rings. The molecule has 1 fully saturated rings. The Morgan fingerprint density at radius 1 is 1.56 bits per heavy atom. The minimum absolute atomic E-state index is 0.347. The number of halogens is 1. The Hall–Kier alpha value is -0.710. The van der Waals surface area contributed by atoms with E-state index < -0.39 is 5.60 Å². The molecule has 0 bridgehead atoms. The zero-order valence-corrected chi connectivity index (χ0v) is 10.1. The highest BCUT2D eigenvalue weighted by molar-refractivity contribution is 7.99. The van der Waals surface area contributed by atoms with Crippen LogP contribution in [0.1, 0.15) is 6.42 Å². The van der Waals surface area contributed by atoms with E-state index >= 15 is 0 Å². The maximum atomic E-state index is 11.8. The van der Waals surface area contributed by atoms with Gasteiger partial charge in [0.05, 0.1) is 0 Å². The molecule has 1 aliphatic rings. The Morgan fingerprint density at radius 2 is 2.38 bits per heavy atom. The first-order valence-corrected chi connectivity index (χ1v) is 6.51. The number of anilines is 1. The molecule has 1 amide bonds. The second-order valence-electron chi connectivity index (χ2n) is 3.80. The minimum Gasteiger partial charge on any atom is -0.379 e. The second kappa shape index (κ2) is 4.65. The standard InChI is InChI=1S/C11H12ClNO2S/c12-8-2-1-3-9(6-8)13-10(14)11(15)4-5-16-7-11/h1-3,6,15H,4-5,7H2,(H,13,14). The number of hydrogen-bond donors (Lipinski definition) is 2. The maximum Gasteiger partial charge on any atom is 0.257 e. The molecule has 1 aromatic carbocycles. The topological polar surface area (TPSA) is 49.3 Å². The smallest absolute Gasteiger partial charge is 0.257 e. The van der Waals surface area contributed by atoms with Gasteiger partial charge in [-0.2, -0.15) is 11.8 Å². The largest absolute Gasteiger partial charge is 0.379 e. The number of aliphatic hydroxyl groups is 1. The molecule has 1 atom stereocenters. The first kappa shape index (κ1) is 11.8. The van der Waals surface area contributed by atoms with Gasteiger partial charge in [-0.1, -0.05) is 17.7 Å². The first-order valence-electron chi connectivity index (χ1n) is 4.97. The monoisotopic (exact) mass is 257 g/mol. The Morgan fingerprint density at radius 3 is 3.00 bits per heavy atom. The molecule has 16 heavy (non-hydrogen) atoms. The molecule has 0 radical (unpaired) electrons. The van der Waals surface area contributed by atoms with Crippen molar-refractivity contribution >= 4 is 35.0 Å². The fourth-order valence-corrected chi connectivity index (χ4v) is 2.98. The lowest BCUT2D eigenvalue weighted by atomic mass is 10.0. The fraction of sp³-hybridized carbons (Fsp3) is 0.364. The maximum absolute atomic E-state index is 11.8. The summed E-state index contributed by atoms with van der Waals surface area (Å²) >= 11 is 7.39. The highest BCUT2D eigenvalue weighted by Crippen LogP contribution is 2.29. The van der Waals surface area contributed by atoms with Gasteiger partial charge in [-0.3, -0.25) is 4.79 Å². The summed E-state index contributed by atoms with van der Waals surface area (Å²) in [5.74, 6) is 0.929. The highest BCUT2D eigenvalue weighted by Gasteiger charge is 2.39. The molecule has 2 rings (SSSR count). The Balaban J connectivity index is 2.07. The summed E-state index contributed by atoms with van der Waals surface area (Å²) in [6, 6.07) is 6.89. The summed E-state index contributed by atoms with van der Waals surface area (Å²) in [6.07, 6.45) is 0.504. The lowest BCUT2D eigenvalue weighted by molar-refractivity contribution is -0.131. The molecule has 3 nitrogen and oxygen atoms in total. The number of carbonyl (C=O) groups excluding carboxylic acids is 1. The molecule has 1 saturated heterocycles. The van der Waals surface area contributed by atoms with Gasteiger partial charge in [0.25, 0.3) is 5.91 Å². The van der Waals surface area contributed by atoms with E-state index in [4.69, 9.17) is 11.6 Å². The zero-order valence-electron chi connectivity index (χ0n) is 8.57. The van der Waals surface area contributed by atoms with Gasteiger partial charge >= 0.3 is 0 Å². The van der Waals surface area contributed by atoms with Gasteiger partial charge in [0.15, 0.2) is 5.60 Å². The van der Waals surface area contributed by atoms with Crippen molar-refractivity contribution in [2.75, 3.05) is 16.8 Å². The van der Waals surface area contributed by atoms with Crippen molar-refractivity contribution in [3.8, 4) is 0 Å². The molecule has 5 heteroatoms. The lowest BCUT2D eigenvalue weighted by Crippen LogP contribution is -2.42. The Labute approximate surface area is 103 Å². The predicted molar refractivity (Wildman–Crippen MR) is 67.0 cm³/mol. The van der Waals surface area contributed by atoms with Crippen molar-refractivity contribution in [1.29, 1.82) is 0 Å². The number of amides is 1. The van der Waals surface area contributed by atoms with E-state index in [-0.39, 0.29) is 5.91 Å². The van der Waals surface area contributed by atoms with Crippen LogP contribution in [0.25, 0.3) is 0 Å². The number of nitrogens with one attached hydrogen (secondary N) is 1. The average Bonchev–Trinajstić information content (AvgIpc) is 2.66. The van der Waals surface area contributed by atoms with Crippen LogP contribution in [-0.4, -0.2) is 28.1 Å². The van der Waals surface area contributed by atoms with Gasteiger partial charge in [0.1, 0.15) is 0 Å². The number of benzene rings is 1. The normalized spacial score (nSPS) is 24.4. The minimum atomic E-state index is -1.23. The van der Waals surface area contributed by atoms with E-state index in [1.807, 2.05) is 0 Å². The third kappa shape index (κ3) is 2.51. The van der Waals surface area contributed by atoms with Crippen molar-refractivity contribution in [2.45, 2.75) is 12.0 Å². The Kier molecular flexibility index (Phi) is 3.42. The quantitative estimate of drug-likeness (QED) is 0.854. The van der Waals surface area contributed by atoms with E-state index in [2.05, 4.69) is 5.32 Å². The third-order valence-corrected chi connectivity index (χ3v) is 3.92. The SMILES string of the molecule is O=C(Nc1cccc(Cl)c1)C1(O)CCSC1. The van der Waals surface area contributed by atoms with Crippen LogP contribution in [0.2, 0.25) is 5.02 Å². The molecule has 1 heterocycles. The summed E-state index contributed by atoms with van der Waals surface area (Å²) in [4.78, 5) is 11.8. The summed E-state index contributed by atoms with van der Waals surface area (Å²) in [5.41, 5.74) is -0.615. The number of carbonyl (C=O) groups is 1. The molecule has 1 unspecified atom stereocenters. The van der Waals surface area contributed by atoms with Crippen LogP contribution in [0.5, 0.6) is 0 Å². The van der Waals surface area contributed by atoms with Crippen LogP contribution >= 0.6 is 23.4 Å². The second-order valence-corrected chi connectivity index (χ2v) is 5.34. The molecule has 1 aliphatic heterocycles. The van der Waals surface area contributed by atoms with Gasteiger partial charge in [0, 0.05) is 16.5 Å². The number of rotatable bonds is 2. The van der Waals surface area contributed by atoms with Crippen LogP contribution in [0.15, 0.2) is 24.3 Å². The van der Waals surface area contributed by atoms with E-state index in [0.29, 0.717) is 22.9 Å². The van der Waals surface area contributed by atoms with Crippen molar-refractivity contribution < 1.29 is 9.90 Å². The van der Waals surface area contributed by atoms with Gasteiger partial charge in [-0.25, -0.2) is 0 Å². The molecule has 0 aliphatic carbocycles. The number of thioether (sulfide) groups is 1. The van der Waals surface area contributed by atoms with Crippen molar-refractivity contribution in [2.24, 2.45) is 0 Å². The number of hydrogen-bond acceptors (Lipinski definition) is 3. The highest BCUT2D eigenvalue weighted by atomic mass is 35.5. The first-order chi connectivity index (χ1) is 7.60. The summed E-state index contributed by atoms with van der Waals surface area (Å²) in [5, 5.41) is 13.3. The van der Waals surface area contributed by atoms with E-state index in [1.54, 1.807) is 36.0 Å². The average molecular weight is 258 g/mol. The molecular weight excluding hydrogens is 246 g/mol.